The van der Waals surface area contributed by atoms with Crippen molar-refractivity contribution >= 4 is 34.8 Å². The van der Waals surface area contributed by atoms with Crippen molar-refractivity contribution in [1.82, 2.24) is 0 Å². The number of amides is 1. The van der Waals surface area contributed by atoms with Crippen molar-refractivity contribution in [3.63, 3.8) is 0 Å². The first-order valence-corrected chi connectivity index (χ1v) is 6.79. The summed E-state index contributed by atoms with van der Waals surface area (Å²) in [7, 11) is 0. The number of anilines is 1. The van der Waals surface area contributed by atoms with Crippen LogP contribution in [0.25, 0.3) is 0 Å². The average Bonchev–Trinajstić information content (AvgIpc) is 2.43. The Kier molecular flexibility index (Phi) is 4.88. The molecule has 3 nitrogen and oxygen atoms in total. The predicted octanol–water partition coefficient (Wildman–Crippen LogP) is 4.40. The van der Waals surface area contributed by atoms with Crippen LogP contribution in [0.3, 0.4) is 0 Å². The Bertz CT molecular complexity index is 602. The molecule has 1 amide bonds. The lowest BCUT2D eigenvalue weighted by Crippen LogP contribution is -2.30. The van der Waals surface area contributed by atoms with E-state index in [1.54, 1.807) is 37.3 Å². The van der Waals surface area contributed by atoms with Crippen LogP contribution >= 0.6 is 23.2 Å². The van der Waals surface area contributed by atoms with E-state index < -0.39 is 6.10 Å². The van der Waals surface area contributed by atoms with Gasteiger partial charge in [-0.25, -0.2) is 0 Å². The molecule has 2 rings (SSSR count). The van der Waals surface area contributed by atoms with Crippen LogP contribution in [-0.4, -0.2) is 12.0 Å². The summed E-state index contributed by atoms with van der Waals surface area (Å²) in [6.45, 7) is 1.67. The molecule has 0 fully saturated rings. The molecule has 0 aliphatic heterocycles. The quantitative estimate of drug-likeness (QED) is 0.909. The van der Waals surface area contributed by atoms with Gasteiger partial charge in [0.2, 0.25) is 0 Å². The summed E-state index contributed by atoms with van der Waals surface area (Å²) >= 11 is 11.8. The van der Waals surface area contributed by atoms with Crippen LogP contribution in [0.2, 0.25) is 10.0 Å². The minimum absolute atomic E-state index is 0.280. The van der Waals surface area contributed by atoms with Crippen molar-refractivity contribution in [3.8, 4) is 5.75 Å². The van der Waals surface area contributed by atoms with Gasteiger partial charge in [0.05, 0.1) is 10.7 Å². The largest absolute Gasteiger partial charge is 0.481 e. The van der Waals surface area contributed by atoms with Crippen molar-refractivity contribution in [3.05, 3.63) is 58.6 Å². The topological polar surface area (TPSA) is 38.3 Å². The SMILES string of the molecule is CC(Oc1ccccc1)C(=O)Nc1ccc(Cl)cc1Cl. The summed E-state index contributed by atoms with van der Waals surface area (Å²) in [4.78, 5) is 12.0. The maximum Gasteiger partial charge on any atom is 0.265 e. The number of rotatable bonds is 4. The Labute approximate surface area is 127 Å². The first-order chi connectivity index (χ1) is 9.56. The monoisotopic (exact) mass is 309 g/mol. The molecule has 0 saturated heterocycles. The second kappa shape index (κ2) is 6.64. The first kappa shape index (κ1) is 14.7. The zero-order valence-corrected chi connectivity index (χ0v) is 12.3. The van der Waals surface area contributed by atoms with Crippen LogP contribution in [0.5, 0.6) is 5.75 Å². The molecule has 0 bridgehead atoms. The fourth-order valence-electron chi connectivity index (χ4n) is 1.58. The molecular weight excluding hydrogens is 297 g/mol. The van der Waals surface area contributed by atoms with Gasteiger partial charge >= 0.3 is 0 Å². The minimum Gasteiger partial charge on any atom is -0.481 e. The zero-order valence-electron chi connectivity index (χ0n) is 10.8. The molecule has 0 saturated carbocycles. The minimum atomic E-state index is -0.635. The summed E-state index contributed by atoms with van der Waals surface area (Å²) in [5.74, 6) is 0.357. The van der Waals surface area contributed by atoms with Gasteiger partial charge in [-0.05, 0) is 37.3 Å². The number of hydrogen-bond acceptors (Lipinski definition) is 2. The highest BCUT2D eigenvalue weighted by Crippen LogP contribution is 2.25. The van der Waals surface area contributed by atoms with E-state index in [0.29, 0.717) is 21.5 Å². The maximum atomic E-state index is 12.0. The molecule has 2 aromatic rings. The van der Waals surface area contributed by atoms with E-state index in [9.17, 15) is 4.79 Å². The Morgan fingerprint density at radius 1 is 1.15 bits per heavy atom. The van der Waals surface area contributed by atoms with Gasteiger partial charge in [-0.2, -0.15) is 0 Å². The molecule has 0 heterocycles. The molecular formula is C15H13Cl2NO2. The molecule has 0 aliphatic rings. The van der Waals surface area contributed by atoms with Crippen LogP contribution in [0.4, 0.5) is 5.69 Å². The maximum absolute atomic E-state index is 12.0. The highest BCUT2D eigenvalue weighted by Gasteiger charge is 2.16. The van der Waals surface area contributed by atoms with E-state index in [0.717, 1.165) is 0 Å². The molecule has 1 unspecified atom stereocenters. The van der Waals surface area contributed by atoms with Gasteiger partial charge in [-0.1, -0.05) is 41.4 Å². The van der Waals surface area contributed by atoms with Crippen molar-refractivity contribution in [2.24, 2.45) is 0 Å². The third-order valence-corrected chi connectivity index (χ3v) is 3.16. The van der Waals surface area contributed by atoms with E-state index in [1.807, 2.05) is 18.2 Å². The van der Waals surface area contributed by atoms with Crippen LogP contribution in [0.1, 0.15) is 6.92 Å². The normalized spacial score (nSPS) is 11.8. The van der Waals surface area contributed by atoms with Crippen LogP contribution in [0.15, 0.2) is 48.5 Å². The van der Waals surface area contributed by atoms with Crippen molar-refractivity contribution < 1.29 is 9.53 Å². The molecule has 0 aliphatic carbocycles. The molecule has 0 aromatic heterocycles. The number of ether oxygens (including phenoxy) is 1. The van der Waals surface area contributed by atoms with Crippen molar-refractivity contribution in [1.29, 1.82) is 0 Å². The van der Waals surface area contributed by atoms with Crippen LogP contribution in [0, 0.1) is 0 Å². The summed E-state index contributed by atoms with van der Waals surface area (Å²) in [6.07, 6.45) is -0.635. The summed E-state index contributed by atoms with van der Waals surface area (Å²) in [5, 5.41) is 3.61. The Morgan fingerprint density at radius 2 is 1.85 bits per heavy atom. The third-order valence-electron chi connectivity index (χ3n) is 2.61. The number of carbonyl (C=O) groups is 1. The van der Waals surface area contributed by atoms with E-state index in [1.165, 1.54) is 0 Å². The second-order valence-electron chi connectivity index (χ2n) is 4.19. The summed E-state index contributed by atoms with van der Waals surface area (Å²) in [6, 6.07) is 14.0. The Balaban J connectivity index is 2.01. The number of hydrogen-bond donors (Lipinski definition) is 1. The average molecular weight is 310 g/mol. The first-order valence-electron chi connectivity index (χ1n) is 6.04. The molecule has 5 heteroatoms. The van der Waals surface area contributed by atoms with Gasteiger partial charge in [0.25, 0.3) is 5.91 Å². The fraction of sp³-hybridized carbons (Fsp3) is 0.133. The molecule has 1 atom stereocenters. The third kappa shape index (κ3) is 3.89. The highest BCUT2D eigenvalue weighted by molar-refractivity contribution is 6.36. The highest BCUT2D eigenvalue weighted by atomic mass is 35.5. The lowest BCUT2D eigenvalue weighted by Gasteiger charge is -2.15. The van der Waals surface area contributed by atoms with E-state index in [2.05, 4.69) is 5.32 Å². The number of halogens is 2. The number of carbonyl (C=O) groups excluding carboxylic acids is 1. The van der Waals surface area contributed by atoms with Gasteiger partial charge in [-0.15, -0.1) is 0 Å². The molecule has 2 aromatic carbocycles. The smallest absolute Gasteiger partial charge is 0.265 e. The molecule has 0 spiro atoms. The second-order valence-corrected chi connectivity index (χ2v) is 5.03. The molecule has 20 heavy (non-hydrogen) atoms. The van der Waals surface area contributed by atoms with Gasteiger partial charge in [0.15, 0.2) is 6.10 Å². The number of nitrogens with one attached hydrogen (secondary N) is 1. The lowest BCUT2D eigenvalue weighted by molar-refractivity contribution is -0.122. The Hall–Kier alpha value is -1.71. The van der Waals surface area contributed by atoms with Gasteiger partial charge in [0, 0.05) is 5.02 Å². The Morgan fingerprint density at radius 3 is 2.50 bits per heavy atom. The van der Waals surface area contributed by atoms with E-state index in [-0.39, 0.29) is 5.91 Å². The van der Waals surface area contributed by atoms with E-state index in [4.69, 9.17) is 27.9 Å². The predicted molar refractivity (Wildman–Crippen MR) is 81.6 cm³/mol. The lowest BCUT2D eigenvalue weighted by atomic mass is 10.3. The van der Waals surface area contributed by atoms with Gasteiger partial charge in [-0.3, -0.25) is 4.79 Å². The molecule has 1 N–H and O–H groups in total. The van der Waals surface area contributed by atoms with Gasteiger partial charge in [0.1, 0.15) is 5.75 Å². The number of benzene rings is 2. The fourth-order valence-corrected chi connectivity index (χ4v) is 2.04. The van der Waals surface area contributed by atoms with Gasteiger partial charge < -0.3 is 10.1 Å². The number of para-hydroxylation sites is 1. The molecule has 0 radical (unpaired) electrons. The molecule has 104 valence electrons. The van der Waals surface area contributed by atoms with Crippen molar-refractivity contribution in [2.75, 3.05) is 5.32 Å². The standard InChI is InChI=1S/C15H13Cl2NO2/c1-10(20-12-5-3-2-4-6-12)15(19)18-14-8-7-11(16)9-13(14)17/h2-10H,1H3,(H,18,19). The van der Waals surface area contributed by atoms with Crippen molar-refractivity contribution in [2.45, 2.75) is 13.0 Å². The van der Waals surface area contributed by atoms with Crippen LogP contribution < -0.4 is 10.1 Å². The summed E-state index contributed by atoms with van der Waals surface area (Å²) in [5.41, 5.74) is 0.504. The zero-order chi connectivity index (χ0) is 14.5. The van der Waals surface area contributed by atoms with Crippen LogP contribution in [-0.2, 0) is 4.79 Å². The van der Waals surface area contributed by atoms with E-state index >= 15 is 0 Å². The summed E-state index contributed by atoms with van der Waals surface area (Å²) < 4.78 is 5.53.